The smallest absolute Gasteiger partial charge is 0.409 e. The standard InChI is InChI=1S/C19H23FN2O4S/c1-3-25-18(23)17-13(16-14(20)6-5-7-15(16)27-17)12-21-8-10-22(11-9-21)19(24)26-4-2/h5-7H,3-4,8-12H2,1-2H3. The van der Waals surface area contributed by atoms with Gasteiger partial charge in [-0.2, -0.15) is 0 Å². The van der Waals surface area contributed by atoms with Crippen LogP contribution < -0.4 is 0 Å². The van der Waals surface area contributed by atoms with Crippen molar-refractivity contribution in [2.45, 2.75) is 20.4 Å². The fraction of sp³-hybridized carbons (Fsp3) is 0.474. The third-order valence-electron chi connectivity index (χ3n) is 4.50. The van der Waals surface area contributed by atoms with Gasteiger partial charge in [0.2, 0.25) is 0 Å². The van der Waals surface area contributed by atoms with E-state index < -0.39 is 5.97 Å². The van der Waals surface area contributed by atoms with Crippen molar-refractivity contribution in [3.63, 3.8) is 0 Å². The van der Waals surface area contributed by atoms with E-state index in [2.05, 4.69) is 4.90 Å². The fourth-order valence-corrected chi connectivity index (χ4v) is 4.33. The van der Waals surface area contributed by atoms with Crippen LogP contribution in [0.15, 0.2) is 18.2 Å². The molecule has 1 amide bonds. The van der Waals surface area contributed by atoms with Gasteiger partial charge >= 0.3 is 12.1 Å². The average Bonchev–Trinajstić information content (AvgIpc) is 3.02. The number of piperazine rings is 1. The molecule has 0 bridgehead atoms. The zero-order valence-corrected chi connectivity index (χ0v) is 16.3. The van der Waals surface area contributed by atoms with Crippen LogP contribution in [0.25, 0.3) is 10.1 Å². The lowest BCUT2D eigenvalue weighted by atomic mass is 10.1. The Hall–Kier alpha value is -2.19. The van der Waals surface area contributed by atoms with Gasteiger partial charge in [-0.15, -0.1) is 11.3 Å². The van der Waals surface area contributed by atoms with Crippen molar-refractivity contribution in [2.75, 3.05) is 39.4 Å². The maximum Gasteiger partial charge on any atom is 0.409 e. The number of esters is 1. The molecule has 1 aromatic heterocycles. The van der Waals surface area contributed by atoms with E-state index in [1.807, 2.05) is 6.07 Å². The van der Waals surface area contributed by atoms with Crippen molar-refractivity contribution < 1.29 is 23.5 Å². The summed E-state index contributed by atoms with van der Waals surface area (Å²) >= 11 is 1.26. The minimum atomic E-state index is -0.418. The van der Waals surface area contributed by atoms with E-state index in [0.717, 1.165) is 4.70 Å². The van der Waals surface area contributed by atoms with Gasteiger partial charge in [0.1, 0.15) is 10.7 Å². The molecule has 0 N–H and O–H groups in total. The summed E-state index contributed by atoms with van der Waals surface area (Å²) in [6.07, 6.45) is -0.309. The lowest BCUT2D eigenvalue weighted by Gasteiger charge is -2.34. The van der Waals surface area contributed by atoms with Gasteiger partial charge in [0.05, 0.1) is 13.2 Å². The van der Waals surface area contributed by atoms with Gasteiger partial charge < -0.3 is 14.4 Å². The zero-order chi connectivity index (χ0) is 19.4. The van der Waals surface area contributed by atoms with Crippen LogP contribution >= 0.6 is 11.3 Å². The quantitative estimate of drug-likeness (QED) is 0.727. The minimum Gasteiger partial charge on any atom is -0.462 e. The van der Waals surface area contributed by atoms with E-state index in [1.54, 1.807) is 24.8 Å². The highest BCUT2D eigenvalue weighted by atomic mass is 32.1. The lowest BCUT2D eigenvalue weighted by Crippen LogP contribution is -2.48. The van der Waals surface area contributed by atoms with Gasteiger partial charge in [-0.25, -0.2) is 14.0 Å². The molecule has 1 aliphatic heterocycles. The number of hydrogen-bond acceptors (Lipinski definition) is 6. The van der Waals surface area contributed by atoms with Gasteiger partial charge in [0.15, 0.2) is 0 Å². The van der Waals surface area contributed by atoms with Crippen LogP contribution in [0, 0.1) is 5.82 Å². The summed E-state index contributed by atoms with van der Waals surface area (Å²) in [6, 6.07) is 4.87. The van der Waals surface area contributed by atoms with Crippen molar-refractivity contribution in [2.24, 2.45) is 0 Å². The van der Waals surface area contributed by atoms with Crippen molar-refractivity contribution in [1.82, 2.24) is 9.80 Å². The van der Waals surface area contributed by atoms with Crippen LogP contribution in [0.5, 0.6) is 0 Å². The molecule has 3 rings (SSSR count). The Morgan fingerprint density at radius 2 is 1.81 bits per heavy atom. The topological polar surface area (TPSA) is 59.1 Å². The number of nitrogens with zero attached hydrogens (tertiary/aromatic N) is 2. The van der Waals surface area contributed by atoms with E-state index in [1.165, 1.54) is 17.4 Å². The van der Waals surface area contributed by atoms with Crippen LogP contribution in [0.2, 0.25) is 0 Å². The number of hydrogen-bond donors (Lipinski definition) is 0. The van der Waals surface area contributed by atoms with E-state index in [-0.39, 0.29) is 18.5 Å². The van der Waals surface area contributed by atoms with Gasteiger partial charge in [-0.1, -0.05) is 6.07 Å². The molecule has 1 saturated heterocycles. The molecule has 1 fully saturated rings. The fourth-order valence-electron chi connectivity index (χ4n) is 3.21. The first kappa shape index (κ1) is 19.6. The van der Waals surface area contributed by atoms with Crippen molar-refractivity contribution in [3.8, 4) is 0 Å². The predicted octanol–water partition coefficient (Wildman–Crippen LogP) is 3.49. The molecule has 27 heavy (non-hydrogen) atoms. The second-order valence-corrected chi connectivity index (χ2v) is 7.26. The van der Waals surface area contributed by atoms with Crippen molar-refractivity contribution in [1.29, 1.82) is 0 Å². The molecule has 1 aliphatic rings. The van der Waals surface area contributed by atoms with E-state index in [9.17, 15) is 14.0 Å². The van der Waals surface area contributed by atoms with E-state index in [4.69, 9.17) is 9.47 Å². The molecule has 0 spiro atoms. The van der Waals surface area contributed by atoms with Crippen LogP contribution in [-0.4, -0.2) is 61.3 Å². The number of fused-ring (bicyclic) bond motifs is 1. The normalized spacial score (nSPS) is 15.1. The maximum atomic E-state index is 14.5. The van der Waals surface area contributed by atoms with Gasteiger partial charge in [-0.05, 0) is 26.0 Å². The first-order valence-electron chi connectivity index (χ1n) is 9.06. The number of amides is 1. The number of carbonyl (C=O) groups excluding carboxylic acids is 2. The summed E-state index contributed by atoms with van der Waals surface area (Å²) in [6.45, 7) is 6.93. The number of benzene rings is 1. The molecule has 2 aromatic rings. The minimum absolute atomic E-state index is 0.271. The van der Waals surface area contributed by atoms with Gasteiger partial charge in [0, 0.05) is 48.4 Å². The molecule has 0 aliphatic carbocycles. The van der Waals surface area contributed by atoms with Crippen LogP contribution in [0.1, 0.15) is 29.1 Å². The molecule has 6 nitrogen and oxygen atoms in total. The molecule has 1 aromatic carbocycles. The molecule has 0 radical (unpaired) electrons. The Kier molecular flexibility index (Phi) is 6.28. The predicted molar refractivity (Wildman–Crippen MR) is 102 cm³/mol. The highest BCUT2D eigenvalue weighted by Gasteiger charge is 2.26. The maximum absolute atomic E-state index is 14.5. The van der Waals surface area contributed by atoms with Gasteiger partial charge in [-0.3, -0.25) is 4.90 Å². The van der Waals surface area contributed by atoms with Crippen molar-refractivity contribution >= 4 is 33.5 Å². The van der Waals surface area contributed by atoms with Crippen LogP contribution in [0.3, 0.4) is 0 Å². The van der Waals surface area contributed by atoms with Gasteiger partial charge in [0.25, 0.3) is 0 Å². The summed E-state index contributed by atoms with van der Waals surface area (Å²) in [7, 11) is 0. The average molecular weight is 394 g/mol. The Bertz CT molecular complexity index is 830. The number of carbonyl (C=O) groups is 2. The van der Waals surface area contributed by atoms with Crippen LogP contribution in [0.4, 0.5) is 9.18 Å². The molecular formula is C19H23FN2O4S. The van der Waals surface area contributed by atoms with Crippen LogP contribution in [-0.2, 0) is 16.0 Å². The third-order valence-corrected chi connectivity index (χ3v) is 5.68. The SMILES string of the molecule is CCOC(=O)c1sc2cccc(F)c2c1CN1CCN(C(=O)OCC)CC1. The molecule has 0 saturated carbocycles. The van der Waals surface area contributed by atoms with E-state index >= 15 is 0 Å². The first-order chi connectivity index (χ1) is 13.0. The zero-order valence-electron chi connectivity index (χ0n) is 15.5. The molecule has 0 atom stereocenters. The third kappa shape index (κ3) is 4.22. The number of ether oxygens (including phenoxy) is 2. The first-order valence-corrected chi connectivity index (χ1v) is 9.87. The van der Waals surface area contributed by atoms with Crippen molar-refractivity contribution in [3.05, 3.63) is 34.5 Å². The molecule has 146 valence electrons. The Morgan fingerprint density at radius 1 is 1.11 bits per heavy atom. The number of rotatable bonds is 5. The molecule has 8 heteroatoms. The number of thiophene rings is 1. The second kappa shape index (κ2) is 8.67. The molecular weight excluding hydrogens is 371 g/mol. The summed E-state index contributed by atoms with van der Waals surface area (Å²) in [4.78, 5) is 28.4. The summed E-state index contributed by atoms with van der Waals surface area (Å²) in [5.41, 5.74) is 0.663. The largest absolute Gasteiger partial charge is 0.462 e. The summed E-state index contributed by atoms with van der Waals surface area (Å²) in [5.74, 6) is -0.752. The Labute approximate surface area is 161 Å². The Morgan fingerprint density at radius 3 is 2.48 bits per heavy atom. The highest BCUT2D eigenvalue weighted by molar-refractivity contribution is 7.21. The lowest BCUT2D eigenvalue weighted by molar-refractivity contribution is 0.0529. The number of halogens is 1. The monoisotopic (exact) mass is 394 g/mol. The van der Waals surface area contributed by atoms with E-state index in [0.29, 0.717) is 55.2 Å². The molecule has 2 heterocycles. The Balaban J connectivity index is 1.81. The highest BCUT2D eigenvalue weighted by Crippen LogP contribution is 2.34. The summed E-state index contributed by atoms with van der Waals surface area (Å²) < 4.78 is 25.4. The summed E-state index contributed by atoms with van der Waals surface area (Å²) in [5, 5.41) is 0.485. The second-order valence-electron chi connectivity index (χ2n) is 6.21. The molecule has 0 unspecified atom stereocenters.